The van der Waals surface area contributed by atoms with Gasteiger partial charge in [-0.1, -0.05) is 79.9 Å². The van der Waals surface area contributed by atoms with E-state index >= 15 is 0 Å². The number of esters is 2. The lowest BCUT2D eigenvalue weighted by Gasteiger charge is -2.26. The Bertz CT molecular complexity index is 2240. The first-order valence-electron chi connectivity index (χ1n) is 16.9. The molecule has 7 rings (SSSR count). The lowest BCUT2D eigenvalue weighted by atomic mass is 9.99. The first-order chi connectivity index (χ1) is 26.0. The van der Waals surface area contributed by atoms with Crippen LogP contribution in [0.5, 0.6) is 11.5 Å². The van der Waals surface area contributed by atoms with Crippen molar-refractivity contribution < 1.29 is 19.1 Å². The second-order valence-electron chi connectivity index (χ2n) is 11.9. The van der Waals surface area contributed by atoms with Crippen molar-refractivity contribution in [3.05, 3.63) is 189 Å². The average Bonchev–Trinajstić information content (AvgIpc) is 3.22. The van der Waals surface area contributed by atoms with Crippen LogP contribution in [0.1, 0.15) is 0 Å². The molecular weight excluding hydrogens is 659 g/mol. The van der Waals surface area contributed by atoms with E-state index in [1.54, 1.807) is 24.5 Å². The Morgan fingerprint density at radius 3 is 1.26 bits per heavy atom. The number of ether oxygens (including phenoxy) is 2. The smallest absolute Gasteiger partial charge is 0.335 e. The van der Waals surface area contributed by atoms with Crippen LogP contribution in [0.15, 0.2) is 189 Å². The minimum atomic E-state index is -0.535. The topological polar surface area (TPSA) is 81.6 Å². The minimum absolute atomic E-state index is 0.410. The summed E-state index contributed by atoms with van der Waals surface area (Å²) in [6.07, 6.45) is 5.70. The number of carbonyl (C=O) groups excluding carboxylic acids is 2. The van der Waals surface area contributed by atoms with Crippen LogP contribution in [0.4, 0.5) is 17.1 Å². The van der Waals surface area contributed by atoms with Gasteiger partial charge in [0.25, 0.3) is 0 Å². The molecule has 0 aliphatic rings. The summed E-state index contributed by atoms with van der Waals surface area (Å²) in [5.74, 6) is -0.251. The highest BCUT2D eigenvalue weighted by Crippen LogP contribution is 2.39. The zero-order valence-corrected chi connectivity index (χ0v) is 28.6. The van der Waals surface area contributed by atoms with Crippen LogP contribution in [-0.2, 0) is 9.59 Å². The fourth-order valence-electron chi connectivity index (χ4n) is 5.97. The number of anilines is 3. The Labute approximate surface area is 307 Å². The largest absolute Gasteiger partial charge is 0.423 e. The molecule has 7 nitrogen and oxygen atoms in total. The molecule has 2 aromatic heterocycles. The summed E-state index contributed by atoms with van der Waals surface area (Å²) in [5, 5.41) is 0. The Balaban J connectivity index is 1.21. The fraction of sp³-hybridized carbons (Fsp3) is 0. The van der Waals surface area contributed by atoms with Crippen molar-refractivity contribution in [2.45, 2.75) is 0 Å². The Kier molecular flexibility index (Phi) is 10.1. The molecule has 0 N–H and O–H groups in total. The highest BCUT2D eigenvalue weighted by Gasteiger charge is 2.17. The van der Waals surface area contributed by atoms with Crippen molar-refractivity contribution in [3.8, 4) is 56.3 Å². The lowest BCUT2D eigenvalue weighted by Crippen LogP contribution is -2.09. The Hall–Kier alpha value is -7.38. The van der Waals surface area contributed by atoms with Gasteiger partial charge in [0.1, 0.15) is 11.5 Å². The summed E-state index contributed by atoms with van der Waals surface area (Å²) in [6, 6.07) is 49.5. The quantitative estimate of drug-likeness (QED) is 0.0758. The number of pyridine rings is 2. The van der Waals surface area contributed by atoms with Crippen molar-refractivity contribution in [2.75, 3.05) is 4.90 Å². The Morgan fingerprint density at radius 1 is 0.472 bits per heavy atom. The molecule has 5 aromatic carbocycles. The molecule has 0 aliphatic heterocycles. The number of hydrogen-bond donors (Lipinski definition) is 0. The van der Waals surface area contributed by atoms with E-state index in [1.807, 2.05) is 78.9 Å². The molecule has 0 spiro atoms. The number of nitrogens with zero attached hydrogens (tertiary/aromatic N) is 3. The van der Waals surface area contributed by atoms with Crippen molar-refractivity contribution in [1.82, 2.24) is 9.97 Å². The first-order valence-corrected chi connectivity index (χ1v) is 16.9. The molecule has 0 fully saturated rings. The molecule has 256 valence electrons. The third-order valence-corrected chi connectivity index (χ3v) is 8.53. The van der Waals surface area contributed by atoms with Gasteiger partial charge in [0, 0.05) is 52.7 Å². The van der Waals surface area contributed by atoms with Gasteiger partial charge < -0.3 is 14.4 Å². The second kappa shape index (κ2) is 15.7. The van der Waals surface area contributed by atoms with Gasteiger partial charge in [-0.3, -0.25) is 9.97 Å². The second-order valence-corrected chi connectivity index (χ2v) is 11.9. The van der Waals surface area contributed by atoms with Crippen LogP contribution in [0.25, 0.3) is 44.8 Å². The molecule has 0 unspecified atom stereocenters. The summed E-state index contributed by atoms with van der Waals surface area (Å²) in [7, 11) is 0. The number of para-hydroxylation sites is 1. The van der Waals surface area contributed by atoms with Crippen LogP contribution >= 0.6 is 0 Å². The lowest BCUT2D eigenvalue weighted by molar-refractivity contribution is -0.129. The van der Waals surface area contributed by atoms with Gasteiger partial charge in [-0.25, -0.2) is 9.59 Å². The van der Waals surface area contributed by atoms with Gasteiger partial charge in [0.2, 0.25) is 0 Å². The van der Waals surface area contributed by atoms with Crippen LogP contribution in [0, 0.1) is 0 Å². The Morgan fingerprint density at radius 2 is 0.868 bits per heavy atom. The van der Waals surface area contributed by atoms with E-state index in [-0.39, 0.29) is 0 Å². The number of carbonyl (C=O) groups is 2. The van der Waals surface area contributed by atoms with Gasteiger partial charge in [0.05, 0.1) is 11.4 Å². The van der Waals surface area contributed by atoms with Gasteiger partial charge >= 0.3 is 11.9 Å². The monoisotopic (exact) mass is 691 g/mol. The third kappa shape index (κ3) is 7.70. The SMILES string of the molecule is C=CC(=O)Oc1ccc(-c2ccc(N(c3ccccc3)c3ccc(-c4ccc(OC(=O)C=C)c(-c5ccccn5)c4)cc3)cc2)cc1-c1ccccn1. The molecule has 0 bridgehead atoms. The summed E-state index contributed by atoms with van der Waals surface area (Å²) < 4.78 is 11.1. The van der Waals surface area contributed by atoms with E-state index in [2.05, 4.69) is 88.7 Å². The number of aromatic nitrogens is 2. The maximum Gasteiger partial charge on any atom is 0.335 e. The molecule has 0 radical (unpaired) electrons. The van der Waals surface area contributed by atoms with Crippen molar-refractivity contribution >= 4 is 29.0 Å². The zero-order chi connectivity index (χ0) is 36.6. The van der Waals surface area contributed by atoms with Gasteiger partial charge in [0.15, 0.2) is 0 Å². The molecular formula is C46H33N3O4. The van der Waals surface area contributed by atoms with Crippen LogP contribution in [0.2, 0.25) is 0 Å². The molecule has 0 amide bonds. The van der Waals surface area contributed by atoms with E-state index in [0.717, 1.165) is 51.5 Å². The summed E-state index contributed by atoms with van der Waals surface area (Å²) >= 11 is 0. The molecule has 53 heavy (non-hydrogen) atoms. The molecule has 0 saturated carbocycles. The molecule has 2 heterocycles. The van der Waals surface area contributed by atoms with Gasteiger partial charge in [-0.05, 0) is 107 Å². The van der Waals surface area contributed by atoms with E-state index in [1.165, 1.54) is 0 Å². The molecule has 7 heteroatoms. The highest BCUT2D eigenvalue weighted by molar-refractivity contribution is 5.88. The predicted octanol–water partition coefficient (Wildman–Crippen LogP) is 10.8. The summed E-state index contributed by atoms with van der Waals surface area (Å²) in [4.78, 5) is 35.3. The van der Waals surface area contributed by atoms with Gasteiger partial charge in [-0.2, -0.15) is 0 Å². The van der Waals surface area contributed by atoms with E-state index < -0.39 is 11.9 Å². The number of hydrogen-bond acceptors (Lipinski definition) is 7. The summed E-state index contributed by atoms with van der Waals surface area (Å²) in [5.41, 5.74) is 9.60. The zero-order valence-electron chi connectivity index (χ0n) is 28.6. The van der Waals surface area contributed by atoms with E-state index in [4.69, 9.17) is 9.47 Å². The predicted molar refractivity (Wildman–Crippen MR) is 210 cm³/mol. The maximum absolute atomic E-state index is 12.1. The molecule has 0 atom stereocenters. The third-order valence-electron chi connectivity index (χ3n) is 8.53. The van der Waals surface area contributed by atoms with Crippen LogP contribution < -0.4 is 14.4 Å². The fourth-order valence-corrected chi connectivity index (χ4v) is 5.97. The van der Waals surface area contributed by atoms with Crippen molar-refractivity contribution in [3.63, 3.8) is 0 Å². The minimum Gasteiger partial charge on any atom is -0.423 e. The van der Waals surface area contributed by atoms with Crippen molar-refractivity contribution in [1.29, 1.82) is 0 Å². The molecule has 0 saturated heterocycles. The van der Waals surface area contributed by atoms with Crippen LogP contribution in [-0.4, -0.2) is 21.9 Å². The number of benzene rings is 5. The molecule has 7 aromatic rings. The van der Waals surface area contributed by atoms with Gasteiger partial charge in [-0.15, -0.1) is 0 Å². The van der Waals surface area contributed by atoms with E-state index in [9.17, 15) is 9.59 Å². The van der Waals surface area contributed by atoms with E-state index in [0.29, 0.717) is 34.0 Å². The average molecular weight is 692 g/mol. The maximum atomic E-state index is 12.1. The molecule has 0 aliphatic carbocycles. The van der Waals surface area contributed by atoms with Crippen molar-refractivity contribution in [2.24, 2.45) is 0 Å². The normalized spacial score (nSPS) is 10.6. The number of rotatable bonds is 11. The standard InChI is InChI=1S/C46H33N3O4/c1-3-45(50)52-43-26-20-34(30-39(43)41-14-8-10-28-47-41)32-16-22-37(23-17-32)49(36-12-6-5-7-13-36)38-24-18-33(19-25-38)35-21-27-44(53-46(51)4-2)40(31-35)42-15-9-11-29-48-42/h3-31H,1-2H2. The van der Waals surface area contributed by atoms with Crippen LogP contribution in [0.3, 0.4) is 0 Å². The highest BCUT2D eigenvalue weighted by atomic mass is 16.5. The summed E-state index contributed by atoms with van der Waals surface area (Å²) in [6.45, 7) is 7.05. The first kappa shape index (κ1) is 34.1.